The number of hydrogen-bond acceptors (Lipinski definition) is 3. The molecular formula is C15H22N2O. The first kappa shape index (κ1) is 12.2. The normalized spacial score (nSPS) is 30.1. The van der Waals surface area contributed by atoms with E-state index in [-0.39, 0.29) is 6.10 Å². The highest BCUT2D eigenvalue weighted by Crippen LogP contribution is 2.33. The zero-order valence-corrected chi connectivity index (χ0v) is 11.0. The quantitative estimate of drug-likeness (QED) is 0.808. The van der Waals surface area contributed by atoms with Crippen molar-refractivity contribution < 1.29 is 5.11 Å². The van der Waals surface area contributed by atoms with Crippen molar-refractivity contribution in [1.29, 1.82) is 0 Å². The van der Waals surface area contributed by atoms with Crippen LogP contribution < -0.4 is 0 Å². The molecule has 1 aromatic rings. The van der Waals surface area contributed by atoms with Crippen molar-refractivity contribution in [2.45, 2.75) is 25.0 Å². The van der Waals surface area contributed by atoms with Crippen molar-refractivity contribution in [2.75, 3.05) is 33.2 Å². The Balaban J connectivity index is 1.76. The number of aryl methyl sites for hydroxylation is 1. The Hall–Kier alpha value is -0.900. The second kappa shape index (κ2) is 5.00. The third-order valence-electron chi connectivity index (χ3n) is 4.45. The van der Waals surface area contributed by atoms with Crippen LogP contribution in [0.4, 0.5) is 0 Å². The summed E-state index contributed by atoms with van der Waals surface area (Å²) in [6.07, 6.45) is 1.88. The Bertz CT molecular complexity index is 413. The van der Waals surface area contributed by atoms with Crippen LogP contribution in [-0.4, -0.2) is 54.2 Å². The lowest BCUT2D eigenvalue weighted by molar-refractivity contribution is 0.0128. The van der Waals surface area contributed by atoms with E-state index in [2.05, 4.69) is 35.0 Å². The smallest absolute Gasteiger partial charge is 0.0947 e. The largest absolute Gasteiger partial charge is 0.387 e. The van der Waals surface area contributed by atoms with Crippen LogP contribution in [0.3, 0.4) is 0 Å². The van der Waals surface area contributed by atoms with E-state index in [0.29, 0.717) is 6.04 Å². The standard InChI is InChI=1S/C15H22N2O/c1-16-8-10-17(11-9-16)14-7-6-12-4-2-3-5-13(12)15(14)18/h2-5,14-15,18H,6-11H2,1H3. The third kappa shape index (κ3) is 2.18. The van der Waals surface area contributed by atoms with Gasteiger partial charge in [0.25, 0.3) is 0 Å². The minimum absolute atomic E-state index is 0.307. The van der Waals surface area contributed by atoms with Crippen molar-refractivity contribution in [1.82, 2.24) is 9.80 Å². The highest BCUT2D eigenvalue weighted by Gasteiger charge is 2.33. The summed E-state index contributed by atoms with van der Waals surface area (Å²) in [4.78, 5) is 4.83. The first-order chi connectivity index (χ1) is 8.75. The fourth-order valence-electron chi connectivity index (χ4n) is 3.25. The van der Waals surface area contributed by atoms with Gasteiger partial charge >= 0.3 is 0 Å². The summed E-state index contributed by atoms with van der Waals surface area (Å²) in [6, 6.07) is 8.66. The fraction of sp³-hybridized carbons (Fsp3) is 0.600. The molecule has 98 valence electrons. The number of likely N-dealkylation sites (N-methyl/N-ethyl adjacent to an activating group) is 1. The molecule has 3 heteroatoms. The molecular weight excluding hydrogens is 224 g/mol. The number of fused-ring (bicyclic) bond motifs is 1. The molecule has 0 bridgehead atoms. The first-order valence-corrected chi connectivity index (χ1v) is 6.94. The SMILES string of the molecule is CN1CCN(C2CCc3ccccc3C2O)CC1. The number of benzene rings is 1. The Morgan fingerprint density at radius 2 is 1.83 bits per heavy atom. The van der Waals surface area contributed by atoms with E-state index in [1.807, 2.05) is 6.07 Å². The Morgan fingerprint density at radius 3 is 2.61 bits per heavy atom. The van der Waals surface area contributed by atoms with Gasteiger partial charge in [0.1, 0.15) is 0 Å². The lowest BCUT2D eigenvalue weighted by atomic mass is 9.85. The predicted octanol–water partition coefficient (Wildman–Crippen LogP) is 1.28. The lowest BCUT2D eigenvalue weighted by Crippen LogP contribution is -2.51. The van der Waals surface area contributed by atoms with E-state index in [1.54, 1.807) is 0 Å². The molecule has 2 aliphatic rings. The van der Waals surface area contributed by atoms with Gasteiger partial charge < -0.3 is 10.0 Å². The van der Waals surface area contributed by atoms with E-state index >= 15 is 0 Å². The maximum atomic E-state index is 10.6. The molecule has 2 atom stereocenters. The minimum atomic E-state index is -0.307. The molecule has 0 saturated carbocycles. The van der Waals surface area contributed by atoms with Crippen molar-refractivity contribution in [3.05, 3.63) is 35.4 Å². The van der Waals surface area contributed by atoms with Crippen molar-refractivity contribution in [3.63, 3.8) is 0 Å². The average Bonchev–Trinajstić information content (AvgIpc) is 2.41. The second-order valence-corrected chi connectivity index (χ2v) is 5.59. The Labute approximate surface area is 109 Å². The van der Waals surface area contributed by atoms with Gasteiger partial charge in [-0.25, -0.2) is 0 Å². The molecule has 0 spiro atoms. The van der Waals surface area contributed by atoms with Gasteiger partial charge in [-0.1, -0.05) is 24.3 Å². The van der Waals surface area contributed by atoms with E-state index in [9.17, 15) is 5.11 Å². The van der Waals surface area contributed by atoms with Gasteiger partial charge in [0, 0.05) is 32.2 Å². The second-order valence-electron chi connectivity index (χ2n) is 5.59. The monoisotopic (exact) mass is 246 g/mol. The van der Waals surface area contributed by atoms with E-state index in [4.69, 9.17) is 0 Å². The van der Waals surface area contributed by atoms with E-state index < -0.39 is 0 Å². The molecule has 3 nitrogen and oxygen atoms in total. The molecule has 1 aromatic carbocycles. The number of aliphatic hydroxyl groups excluding tert-OH is 1. The van der Waals surface area contributed by atoms with Crippen LogP contribution in [0.25, 0.3) is 0 Å². The molecule has 3 rings (SSSR count). The molecule has 1 saturated heterocycles. The van der Waals surface area contributed by atoms with Gasteiger partial charge in [-0.2, -0.15) is 0 Å². The predicted molar refractivity (Wildman–Crippen MR) is 72.6 cm³/mol. The number of aliphatic hydroxyl groups is 1. The van der Waals surface area contributed by atoms with Crippen LogP contribution in [0, 0.1) is 0 Å². The number of piperazine rings is 1. The number of nitrogens with zero attached hydrogens (tertiary/aromatic N) is 2. The summed E-state index contributed by atoms with van der Waals surface area (Å²) in [6.45, 7) is 4.40. The number of hydrogen-bond donors (Lipinski definition) is 1. The summed E-state index contributed by atoms with van der Waals surface area (Å²) in [5, 5.41) is 10.6. The third-order valence-corrected chi connectivity index (χ3v) is 4.45. The lowest BCUT2D eigenvalue weighted by Gasteiger charge is -2.42. The highest BCUT2D eigenvalue weighted by molar-refractivity contribution is 5.32. The highest BCUT2D eigenvalue weighted by atomic mass is 16.3. The van der Waals surface area contributed by atoms with Crippen LogP contribution in [0.5, 0.6) is 0 Å². The molecule has 18 heavy (non-hydrogen) atoms. The Morgan fingerprint density at radius 1 is 1.11 bits per heavy atom. The molecule has 1 N–H and O–H groups in total. The average molecular weight is 246 g/mol. The Kier molecular flexibility index (Phi) is 3.37. The minimum Gasteiger partial charge on any atom is -0.387 e. The molecule has 0 radical (unpaired) electrons. The van der Waals surface area contributed by atoms with Gasteiger partial charge in [0.05, 0.1) is 6.10 Å². The molecule has 1 aliphatic carbocycles. The van der Waals surface area contributed by atoms with Gasteiger partial charge in [0.15, 0.2) is 0 Å². The summed E-state index contributed by atoms with van der Waals surface area (Å²) in [5.74, 6) is 0. The summed E-state index contributed by atoms with van der Waals surface area (Å²) in [7, 11) is 2.17. The van der Waals surface area contributed by atoms with Crippen LogP contribution in [0.2, 0.25) is 0 Å². The fourth-order valence-corrected chi connectivity index (χ4v) is 3.25. The summed E-state index contributed by atoms with van der Waals surface area (Å²) in [5.41, 5.74) is 2.48. The van der Waals surface area contributed by atoms with Gasteiger partial charge in [-0.15, -0.1) is 0 Å². The van der Waals surface area contributed by atoms with Gasteiger partial charge in [0.2, 0.25) is 0 Å². The van der Waals surface area contributed by atoms with Crippen LogP contribution in [0.1, 0.15) is 23.7 Å². The molecule has 1 aliphatic heterocycles. The first-order valence-electron chi connectivity index (χ1n) is 6.94. The molecule has 0 aromatic heterocycles. The summed E-state index contributed by atoms with van der Waals surface area (Å²) >= 11 is 0. The topological polar surface area (TPSA) is 26.7 Å². The van der Waals surface area contributed by atoms with Crippen LogP contribution >= 0.6 is 0 Å². The van der Waals surface area contributed by atoms with E-state index in [1.165, 1.54) is 5.56 Å². The maximum Gasteiger partial charge on any atom is 0.0947 e. The zero-order chi connectivity index (χ0) is 12.5. The molecule has 2 unspecified atom stereocenters. The van der Waals surface area contributed by atoms with Crippen molar-refractivity contribution in [3.8, 4) is 0 Å². The molecule has 1 heterocycles. The van der Waals surface area contributed by atoms with E-state index in [0.717, 1.165) is 44.6 Å². The van der Waals surface area contributed by atoms with Crippen LogP contribution in [-0.2, 0) is 6.42 Å². The maximum absolute atomic E-state index is 10.6. The van der Waals surface area contributed by atoms with Crippen LogP contribution in [0.15, 0.2) is 24.3 Å². The van der Waals surface area contributed by atoms with Crippen molar-refractivity contribution >= 4 is 0 Å². The van der Waals surface area contributed by atoms with Crippen molar-refractivity contribution in [2.24, 2.45) is 0 Å². The molecule has 0 amide bonds. The summed E-state index contributed by atoms with van der Waals surface area (Å²) < 4.78 is 0. The molecule has 1 fully saturated rings. The zero-order valence-electron chi connectivity index (χ0n) is 11.0. The number of rotatable bonds is 1. The van der Waals surface area contributed by atoms with Gasteiger partial charge in [-0.05, 0) is 31.0 Å². The van der Waals surface area contributed by atoms with Gasteiger partial charge in [-0.3, -0.25) is 4.90 Å².